The Labute approximate surface area is 180 Å². The molecular formula is C23H24N2O4S. The number of amides is 1. The Hall–Kier alpha value is -3.32. The standard InChI is InChI=1S/C23H24N2O4S/c1-16-25-19(15-30-16)14-29-20-8-4-17(5-9-20)6-11-23(26)24-13-18-7-10-21(27-2)12-22(18)28-3/h4-12,15H,13-14H2,1-3H3,(H,24,26)/b11-6+. The molecule has 3 rings (SSSR count). The van der Waals surface area contributed by atoms with Crippen molar-refractivity contribution in [1.29, 1.82) is 0 Å². The topological polar surface area (TPSA) is 69.7 Å². The lowest BCUT2D eigenvalue weighted by molar-refractivity contribution is -0.116. The van der Waals surface area contributed by atoms with Gasteiger partial charge in [-0.15, -0.1) is 11.3 Å². The summed E-state index contributed by atoms with van der Waals surface area (Å²) in [5.74, 6) is 1.94. The number of carbonyl (C=O) groups excluding carboxylic acids is 1. The van der Waals surface area contributed by atoms with E-state index in [-0.39, 0.29) is 5.91 Å². The molecule has 1 heterocycles. The van der Waals surface area contributed by atoms with E-state index < -0.39 is 0 Å². The first-order chi connectivity index (χ1) is 14.6. The zero-order chi connectivity index (χ0) is 21.3. The van der Waals surface area contributed by atoms with E-state index in [9.17, 15) is 4.79 Å². The van der Waals surface area contributed by atoms with Gasteiger partial charge >= 0.3 is 0 Å². The number of rotatable bonds is 9. The van der Waals surface area contributed by atoms with Gasteiger partial charge in [0.2, 0.25) is 5.91 Å². The van der Waals surface area contributed by atoms with Crippen LogP contribution in [0.3, 0.4) is 0 Å². The molecule has 0 spiro atoms. The molecule has 156 valence electrons. The summed E-state index contributed by atoms with van der Waals surface area (Å²) in [5, 5.41) is 5.87. The maximum Gasteiger partial charge on any atom is 0.244 e. The van der Waals surface area contributed by atoms with Gasteiger partial charge in [0.15, 0.2) is 0 Å². The quantitative estimate of drug-likeness (QED) is 0.517. The Kier molecular flexibility index (Phi) is 7.45. The van der Waals surface area contributed by atoms with Crippen LogP contribution in [-0.4, -0.2) is 25.1 Å². The van der Waals surface area contributed by atoms with Gasteiger partial charge in [-0.25, -0.2) is 4.98 Å². The molecule has 7 heteroatoms. The first-order valence-corrected chi connectivity index (χ1v) is 10.3. The van der Waals surface area contributed by atoms with Crippen molar-refractivity contribution in [3.63, 3.8) is 0 Å². The van der Waals surface area contributed by atoms with Gasteiger partial charge in [-0.1, -0.05) is 12.1 Å². The van der Waals surface area contributed by atoms with Gasteiger partial charge in [0.1, 0.15) is 23.9 Å². The molecule has 0 aliphatic carbocycles. The highest BCUT2D eigenvalue weighted by molar-refractivity contribution is 7.09. The predicted octanol–water partition coefficient (Wildman–Crippen LogP) is 4.38. The molecule has 0 atom stereocenters. The van der Waals surface area contributed by atoms with Crippen LogP contribution in [0.1, 0.15) is 21.8 Å². The third-order valence-electron chi connectivity index (χ3n) is 4.31. The number of benzene rings is 2. The molecule has 0 fully saturated rings. The van der Waals surface area contributed by atoms with E-state index in [2.05, 4.69) is 10.3 Å². The van der Waals surface area contributed by atoms with Gasteiger partial charge in [-0.3, -0.25) is 4.79 Å². The molecule has 1 amide bonds. The fraction of sp³-hybridized carbons (Fsp3) is 0.217. The Morgan fingerprint density at radius 3 is 2.53 bits per heavy atom. The number of aryl methyl sites for hydroxylation is 1. The minimum atomic E-state index is -0.188. The van der Waals surface area contributed by atoms with Crippen LogP contribution in [0, 0.1) is 6.92 Å². The minimum Gasteiger partial charge on any atom is -0.497 e. The molecule has 0 radical (unpaired) electrons. The lowest BCUT2D eigenvalue weighted by Crippen LogP contribution is -2.20. The summed E-state index contributed by atoms with van der Waals surface area (Å²) in [5.41, 5.74) is 2.70. The highest BCUT2D eigenvalue weighted by Gasteiger charge is 2.06. The number of aromatic nitrogens is 1. The molecule has 1 aromatic heterocycles. The van der Waals surface area contributed by atoms with E-state index in [1.54, 1.807) is 37.7 Å². The van der Waals surface area contributed by atoms with Crippen LogP contribution < -0.4 is 19.5 Å². The molecule has 6 nitrogen and oxygen atoms in total. The van der Waals surface area contributed by atoms with E-state index in [0.717, 1.165) is 27.6 Å². The second kappa shape index (κ2) is 10.5. The third-order valence-corrected chi connectivity index (χ3v) is 5.13. The van der Waals surface area contributed by atoms with Crippen molar-refractivity contribution in [2.75, 3.05) is 14.2 Å². The van der Waals surface area contributed by atoms with Crippen LogP contribution in [0.5, 0.6) is 17.2 Å². The number of thiazole rings is 1. The zero-order valence-corrected chi connectivity index (χ0v) is 18.0. The highest BCUT2D eigenvalue weighted by Crippen LogP contribution is 2.24. The number of hydrogen-bond donors (Lipinski definition) is 1. The SMILES string of the molecule is COc1ccc(CNC(=O)/C=C/c2ccc(OCc3csc(C)n3)cc2)c(OC)c1. The van der Waals surface area contributed by atoms with Gasteiger partial charge in [0.25, 0.3) is 0 Å². The zero-order valence-electron chi connectivity index (χ0n) is 17.2. The van der Waals surface area contributed by atoms with Crippen molar-refractivity contribution in [3.05, 3.63) is 75.7 Å². The molecule has 2 aromatic carbocycles. The molecule has 30 heavy (non-hydrogen) atoms. The number of hydrogen-bond acceptors (Lipinski definition) is 6. The van der Waals surface area contributed by atoms with Crippen molar-refractivity contribution < 1.29 is 19.0 Å². The van der Waals surface area contributed by atoms with Crippen LogP contribution in [-0.2, 0) is 17.9 Å². The van der Waals surface area contributed by atoms with E-state index in [4.69, 9.17) is 14.2 Å². The number of methoxy groups -OCH3 is 2. The summed E-state index contributed by atoms with van der Waals surface area (Å²) >= 11 is 1.61. The lowest BCUT2D eigenvalue weighted by atomic mass is 10.2. The maximum absolute atomic E-state index is 12.1. The number of nitrogens with zero attached hydrogens (tertiary/aromatic N) is 1. The summed E-state index contributed by atoms with van der Waals surface area (Å²) in [4.78, 5) is 16.5. The Morgan fingerprint density at radius 2 is 1.87 bits per heavy atom. The van der Waals surface area contributed by atoms with Gasteiger partial charge in [0.05, 0.1) is 24.9 Å². The summed E-state index contributed by atoms with van der Waals surface area (Å²) in [6.45, 7) is 2.77. The molecule has 0 saturated heterocycles. The normalized spacial score (nSPS) is 10.8. The molecule has 1 N–H and O–H groups in total. The van der Waals surface area contributed by atoms with Crippen molar-refractivity contribution in [3.8, 4) is 17.2 Å². The molecule has 0 saturated carbocycles. The Morgan fingerprint density at radius 1 is 1.10 bits per heavy atom. The van der Waals surface area contributed by atoms with Crippen molar-refractivity contribution in [2.24, 2.45) is 0 Å². The fourth-order valence-corrected chi connectivity index (χ4v) is 3.32. The van der Waals surface area contributed by atoms with E-state index in [1.807, 2.05) is 48.7 Å². The average Bonchev–Trinajstić information content (AvgIpc) is 3.20. The van der Waals surface area contributed by atoms with Crippen molar-refractivity contribution in [2.45, 2.75) is 20.1 Å². The van der Waals surface area contributed by atoms with Crippen molar-refractivity contribution in [1.82, 2.24) is 10.3 Å². The Balaban J connectivity index is 1.49. The number of carbonyl (C=O) groups is 1. The average molecular weight is 425 g/mol. The first-order valence-electron chi connectivity index (χ1n) is 9.38. The van der Waals surface area contributed by atoms with Crippen LogP contribution >= 0.6 is 11.3 Å². The second-order valence-electron chi connectivity index (χ2n) is 6.44. The largest absolute Gasteiger partial charge is 0.497 e. The van der Waals surface area contributed by atoms with Crippen LogP contribution in [0.25, 0.3) is 6.08 Å². The van der Waals surface area contributed by atoms with Crippen LogP contribution in [0.15, 0.2) is 53.9 Å². The van der Waals surface area contributed by atoms with Gasteiger partial charge < -0.3 is 19.5 Å². The molecular weight excluding hydrogens is 400 g/mol. The first kappa shape index (κ1) is 21.4. The maximum atomic E-state index is 12.1. The predicted molar refractivity (Wildman–Crippen MR) is 118 cm³/mol. The molecule has 0 aliphatic heterocycles. The third kappa shape index (κ3) is 6.09. The minimum absolute atomic E-state index is 0.188. The summed E-state index contributed by atoms with van der Waals surface area (Å²) in [7, 11) is 3.19. The highest BCUT2D eigenvalue weighted by atomic mass is 32.1. The van der Waals surface area contributed by atoms with Gasteiger partial charge in [0, 0.05) is 29.6 Å². The van der Waals surface area contributed by atoms with Gasteiger partial charge in [-0.05, 0) is 42.8 Å². The Bertz CT molecular complexity index is 1010. The second-order valence-corrected chi connectivity index (χ2v) is 7.51. The van der Waals surface area contributed by atoms with Crippen molar-refractivity contribution >= 4 is 23.3 Å². The number of nitrogens with one attached hydrogen (secondary N) is 1. The molecule has 0 unspecified atom stereocenters. The molecule has 3 aromatic rings. The van der Waals surface area contributed by atoms with E-state index in [1.165, 1.54) is 6.08 Å². The van der Waals surface area contributed by atoms with Crippen LogP contribution in [0.4, 0.5) is 0 Å². The molecule has 0 bridgehead atoms. The summed E-state index contributed by atoms with van der Waals surface area (Å²) in [6, 6.07) is 13.0. The summed E-state index contributed by atoms with van der Waals surface area (Å²) < 4.78 is 16.3. The van der Waals surface area contributed by atoms with E-state index >= 15 is 0 Å². The summed E-state index contributed by atoms with van der Waals surface area (Å²) in [6.07, 6.45) is 3.26. The van der Waals surface area contributed by atoms with Crippen LogP contribution in [0.2, 0.25) is 0 Å². The van der Waals surface area contributed by atoms with E-state index in [0.29, 0.717) is 24.7 Å². The van der Waals surface area contributed by atoms with Gasteiger partial charge in [-0.2, -0.15) is 0 Å². The lowest BCUT2D eigenvalue weighted by Gasteiger charge is -2.10. The number of ether oxygens (including phenoxy) is 3. The molecule has 0 aliphatic rings. The smallest absolute Gasteiger partial charge is 0.244 e. The monoisotopic (exact) mass is 424 g/mol. The fourth-order valence-electron chi connectivity index (χ4n) is 2.72.